The van der Waals surface area contributed by atoms with Gasteiger partial charge in [-0.25, -0.2) is 4.79 Å². The standard InChI is InChI=1S/C26H26N2O5S/c1-3-7-19-16-34-25-22(27-21(29)14-17-8-5-4-6-9-17)24(30)28(25)23(19)26(31)33-15-18-10-12-20(32-2)13-11-18/h3-13,22,25H,14-16H2,1-2H3,(H,27,29)/t22-,25-/m1/s1. The maximum atomic E-state index is 13.1. The first-order valence-corrected chi connectivity index (χ1v) is 12.0. The number of nitrogens with one attached hydrogen (secondary N) is 1. The lowest BCUT2D eigenvalue weighted by Crippen LogP contribution is -2.70. The summed E-state index contributed by atoms with van der Waals surface area (Å²) in [5.74, 6) is 0.161. The van der Waals surface area contributed by atoms with Crippen molar-refractivity contribution in [3.05, 3.63) is 89.1 Å². The van der Waals surface area contributed by atoms with Crippen molar-refractivity contribution in [1.29, 1.82) is 0 Å². The SMILES string of the molecule is CC=CC1=C(C(=O)OCc2ccc(OC)cc2)N2C(=O)[C@@H](NC(=O)Cc3ccccc3)[C@H]2SC1. The lowest BCUT2D eigenvalue weighted by Gasteiger charge is -2.49. The van der Waals surface area contributed by atoms with Gasteiger partial charge in [0.2, 0.25) is 5.91 Å². The van der Waals surface area contributed by atoms with Gasteiger partial charge in [0.15, 0.2) is 0 Å². The number of carbonyl (C=O) groups is 3. The Kier molecular flexibility index (Phi) is 7.37. The highest BCUT2D eigenvalue weighted by Gasteiger charge is 2.54. The van der Waals surface area contributed by atoms with Crippen molar-refractivity contribution in [3.63, 3.8) is 0 Å². The Morgan fingerprint density at radius 1 is 1.12 bits per heavy atom. The van der Waals surface area contributed by atoms with Crippen molar-refractivity contribution in [2.45, 2.75) is 31.4 Å². The third-order valence-corrected chi connectivity index (χ3v) is 6.91. The van der Waals surface area contributed by atoms with Crippen molar-refractivity contribution in [1.82, 2.24) is 10.2 Å². The first-order chi connectivity index (χ1) is 16.5. The molecular weight excluding hydrogens is 452 g/mol. The van der Waals surface area contributed by atoms with E-state index in [2.05, 4.69) is 5.32 Å². The molecule has 34 heavy (non-hydrogen) atoms. The minimum absolute atomic E-state index is 0.0759. The molecule has 0 bridgehead atoms. The highest BCUT2D eigenvalue weighted by Crippen LogP contribution is 2.41. The highest BCUT2D eigenvalue weighted by molar-refractivity contribution is 8.00. The fourth-order valence-electron chi connectivity index (χ4n) is 3.91. The van der Waals surface area contributed by atoms with Crippen molar-refractivity contribution in [2.24, 2.45) is 0 Å². The van der Waals surface area contributed by atoms with Gasteiger partial charge in [-0.3, -0.25) is 14.5 Å². The second-order valence-electron chi connectivity index (χ2n) is 7.92. The number of benzene rings is 2. The van der Waals surface area contributed by atoms with Crippen LogP contribution in [0.25, 0.3) is 0 Å². The van der Waals surface area contributed by atoms with Gasteiger partial charge in [0.05, 0.1) is 13.5 Å². The van der Waals surface area contributed by atoms with Crippen LogP contribution in [0, 0.1) is 0 Å². The molecule has 2 amide bonds. The van der Waals surface area contributed by atoms with Gasteiger partial charge in [-0.05, 0) is 35.8 Å². The molecule has 4 rings (SSSR count). The van der Waals surface area contributed by atoms with Crippen LogP contribution in [0.15, 0.2) is 78.0 Å². The van der Waals surface area contributed by atoms with Crippen LogP contribution < -0.4 is 10.1 Å². The van der Waals surface area contributed by atoms with Crippen molar-refractivity contribution in [3.8, 4) is 5.75 Å². The van der Waals surface area contributed by atoms with Crippen LogP contribution in [-0.2, 0) is 32.1 Å². The first kappa shape index (κ1) is 23.6. The van der Waals surface area contributed by atoms with Crippen LogP contribution in [-0.4, -0.2) is 47.0 Å². The number of hydrogen-bond acceptors (Lipinski definition) is 6. The maximum Gasteiger partial charge on any atom is 0.355 e. The summed E-state index contributed by atoms with van der Waals surface area (Å²) < 4.78 is 10.7. The van der Waals surface area contributed by atoms with E-state index in [4.69, 9.17) is 9.47 Å². The smallest absolute Gasteiger partial charge is 0.355 e. The Labute approximate surface area is 202 Å². The van der Waals surface area contributed by atoms with Crippen molar-refractivity contribution < 1.29 is 23.9 Å². The zero-order valence-electron chi connectivity index (χ0n) is 19.0. The Morgan fingerprint density at radius 3 is 2.53 bits per heavy atom. The molecule has 2 aromatic carbocycles. The quantitative estimate of drug-likeness (QED) is 0.463. The molecule has 0 aliphatic carbocycles. The molecule has 0 unspecified atom stereocenters. The largest absolute Gasteiger partial charge is 0.497 e. The zero-order valence-corrected chi connectivity index (χ0v) is 19.8. The summed E-state index contributed by atoms with van der Waals surface area (Å²) in [6.07, 6.45) is 3.84. The van der Waals surface area contributed by atoms with Gasteiger partial charge in [-0.2, -0.15) is 0 Å². The zero-order chi connectivity index (χ0) is 24.1. The van der Waals surface area contributed by atoms with Gasteiger partial charge in [0.25, 0.3) is 5.91 Å². The second-order valence-corrected chi connectivity index (χ2v) is 9.02. The van der Waals surface area contributed by atoms with Crippen molar-refractivity contribution >= 4 is 29.5 Å². The second kappa shape index (κ2) is 10.6. The lowest BCUT2D eigenvalue weighted by atomic mass is 10.0. The summed E-state index contributed by atoms with van der Waals surface area (Å²) in [6.45, 7) is 1.93. The Morgan fingerprint density at radius 2 is 1.85 bits per heavy atom. The van der Waals surface area contributed by atoms with Gasteiger partial charge < -0.3 is 14.8 Å². The van der Waals surface area contributed by atoms with Crippen LogP contribution >= 0.6 is 11.8 Å². The number of hydrogen-bond donors (Lipinski definition) is 1. The van der Waals surface area contributed by atoms with E-state index in [1.165, 1.54) is 16.7 Å². The van der Waals surface area contributed by atoms with Gasteiger partial charge in [0.1, 0.15) is 29.5 Å². The van der Waals surface area contributed by atoms with Crippen LogP contribution in [0.2, 0.25) is 0 Å². The highest BCUT2D eigenvalue weighted by atomic mass is 32.2. The molecule has 0 aromatic heterocycles. The van der Waals surface area contributed by atoms with Crippen LogP contribution in [0.3, 0.4) is 0 Å². The molecule has 8 heteroatoms. The molecule has 0 radical (unpaired) electrons. The predicted octanol–water partition coefficient (Wildman–Crippen LogP) is 3.21. The molecule has 1 fully saturated rings. The number of thioether (sulfide) groups is 1. The topological polar surface area (TPSA) is 84.9 Å². The number of methoxy groups -OCH3 is 1. The van der Waals surface area contributed by atoms with Crippen LogP contribution in [0.5, 0.6) is 5.75 Å². The van der Waals surface area contributed by atoms with Gasteiger partial charge >= 0.3 is 5.97 Å². The maximum absolute atomic E-state index is 13.1. The average molecular weight is 479 g/mol. The Bertz CT molecular complexity index is 1130. The molecular formula is C26H26N2O5S. The number of fused-ring (bicyclic) bond motifs is 1. The van der Waals surface area contributed by atoms with E-state index >= 15 is 0 Å². The molecule has 2 atom stereocenters. The van der Waals surface area contributed by atoms with Crippen molar-refractivity contribution in [2.75, 3.05) is 12.9 Å². The van der Waals surface area contributed by atoms with E-state index in [1.54, 1.807) is 19.2 Å². The Balaban J connectivity index is 1.44. The fraction of sp³-hybridized carbons (Fsp3) is 0.269. The van der Waals surface area contributed by atoms with E-state index in [0.29, 0.717) is 11.5 Å². The third-order valence-electron chi connectivity index (χ3n) is 5.61. The fourth-order valence-corrected chi connectivity index (χ4v) is 5.22. The molecule has 0 saturated carbocycles. The average Bonchev–Trinajstić information content (AvgIpc) is 2.86. The van der Waals surface area contributed by atoms with E-state index in [1.807, 2.05) is 61.5 Å². The molecule has 2 aliphatic heterocycles. The summed E-state index contributed by atoms with van der Waals surface area (Å²) in [4.78, 5) is 40.0. The molecule has 1 N–H and O–H groups in total. The van der Waals surface area contributed by atoms with Gasteiger partial charge in [-0.15, -0.1) is 11.8 Å². The number of allylic oxidation sites excluding steroid dienone is 2. The molecule has 2 aliphatic rings. The minimum Gasteiger partial charge on any atom is -0.497 e. The lowest BCUT2D eigenvalue weighted by molar-refractivity contribution is -0.153. The first-order valence-electron chi connectivity index (χ1n) is 11.0. The number of carbonyl (C=O) groups excluding carboxylic acids is 3. The summed E-state index contributed by atoms with van der Waals surface area (Å²) in [5.41, 5.74) is 2.66. The number of rotatable bonds is 8. The number of ether oxygens (including phenoxy) is 2. The predicted molar refractivity (Wildman–Crippen MR) is 130 cm³/mol. The van der Waals surface area contributed by atoms with E-state index in [9.17, 15) is 14.4 Å². The Hall–Kier alpha value is -3.52. The minimum atomic E-state index is -0.669. The van der Waals surface area contributed by atoms with Gasteiger partial charge in [0, 0.05) is 5.75 Å². The molecule has 2 aromatic rings. The molecule has 7 nitrogen and oxygen atoms in total. The monoisotopic (exact) mass is 478 g/mol. The number of β-lactam (4-membered cyclic amide) rings is 1. The van der Waals surface area contributed by atoms with E-state index in [-0.39, 0.29) is 35.9 Å². The van der Waals surface area contributed by atoms with Crippen LogP contribution in [0.1, 0.15) is 18.1 Å². The number of amides is 2. The summed E-state index contributed by atoms with van der Waals surface area (Å²) in [5, 5.41) is 2.49. The number of esters is 1. The van der Waals surface area contributed by atoms with Gasteiger partial charge in [-0.1, -0.05) is 54.6 Å². The molecule has 2 heterocycles. The molecule has 0 spiro atoms. The normalized spacial score (nSPS) is 19.5. The summed E-state index contributed by atoms with van der Waals surface area (Å²) >= 11 is 1.52. The summed E-state index contributed by atoms with van der Waals surface area (Å²) in [6, 6.07) is 15.9. The number of nitrogens with zero attached hydrogens (tertiary/aromatic N) is 1. The molecule has 1 saturated heterocycles. The van der Waals surface area contributed by atoms with E-state index in [0.717, 1.165) is 16.7 Å². The van der Waals surface area contributed by atoms with E-state index < -0.39 is 12.0 Å². The third kappa shape index (κ3) is 5.02. The van der Waals surface area contributed by atoms with Crippen LogP contribution in [0.4, 0.5) is 0 Å². The molecule has 176 valence electrons. The summed E-state index contributed by atoms with van der Waals surface area (Å²) in [7, 11) is 1.59.